The minimum absolute atomic E-state index is 0.0699. The summed E-state index contributed by atoms with van der Waals surface area (Å²) in [6, 6.07) is 5.72. The van der Waals surface area contributed by atoms with Crippen LogP contribution in [0.1, 0.15) is 20.8 Å². The zero-order valence-corrected chi connectivity index (χ0v) is 11.4. The fourth-order valence-corrected chi connectivity index (χ4v) is 2.34. The minimum Gasteiger partial charge on any atom is -0.347 e. The fraction of sp³-hybridized carbons (Fsp3) is 0.154. The Labute approximate surface area is 118 Å². The first-order valence-corrected chi connectivity index (χ1v) is 6.62. The number of nitro benzene ring substituents is 1. The van der Waals surface area contributed by atoms with E-state index < -0.39 is 16.6 Å². The third-order valence-corrected chi connectivity index (χ3v) is 3.57. The Balaban J connectivity index is 2.22. The molecule has 0 unspecified atom stereocenters. The van der Waals surface area contributed by atoms with Crippen LogP contribution < -0.4 is 5.32 Å². The third-order valence-electron chi connectivity index (χ3n) is 2.70. The molecule has 5 nitrogen and oxygen atoms in total. The number of rotatable bonds is 4. The highest BCUT2D eigenvalue weighted by molar-refractivity contribution is 7.09. The van der Waals surface area contributed by atoms with Crippen LogP contribution >= 0.6 is 11.3 Å². The summed E-state index contributed by atoms with van der Waals surface area (Å²) in [5, 5.41) is 15.1. The van der Waals surface area contributed by atoms with Gasteiger partial charge in [0, 0.05) is 17.0 Å². The summed E-state index contributed by atoms with van der Waals surface area (Å²) in [6.07, 6.45) is 0. The quantitative estimate of drug-likeness (QED) is 0.696. The first-order chi connectivity index (χ1) is 9.49. The molecule has 104 valence electrons. The second-order valence-electron chi connectivity index (χ2n) is 4.14. The molecule has 2 aromatic rings. The van der Waals surface area contributed by atoms with Crippen LogP contribution in [0, 0.1) is 22.9 Å². The molecule has 0 saturated heterocycles. The molecule has 0 atom stereocenters. The lowest BCUT2D eigenvalue weighted by atomic mass is 10.1. The molecule has 1 aromatic heterocycles. The standard InChI is InChI=1S/C13H11FN2O3S/c1-8-5-9(16(18)19)6-11(12(8)14)13(17)15-7-10-3-2-4-20-10/h2-6H,7H2,1H3,(H,15,17). The van der Waals surface area contributed by atoms with Crippen LogP contribution in [-0.2, 0) is 6.54 Å². The van der Waals surface area contributed by atoms with Gasteiger partial charge in [-0.3, -0.25) is 14.9 Å². The molecule has 0 spiro atoms. The van der Waals surface area contributed by atoms with Gasteiger partial charge in [0.15, 0.2) is 0 Å². The molecule has 0 saturated carbocycles. The van der Waals surface area contributed by atoms with E-state index >= 15 is 0 Å². The predicted octanol–water partition coefficient (Wildman–Crippen LogP) is 3.03. The van der Waals surface area contributed by atoms with Crippen LogP contribution in [0.2, 0.25) is 0 Å². The van der Waals surface area contributed by atoms with Gasteiger partial charge in [-0.15, -0.1) is 11.3 Å². The lowest BCUT2D eigenvalue weighted by Crippen LogP contribution is -2.23. The van der Waals surface area contributed by atoms with Crippen molar-refractivity contribution < 1.29 is 14.1 Å². The largest absolute Gasteiger partial charge is 0.347 e. The predicted molar refractivity (Wildman–Crippen MR) is 73.3 cm³/mol. The summed E-state index contributed by atoms with van der Waals surface area (Å²) < 4.78 is 13.9. The molecular formula is C13H11FN2O3S. The van der Waals surface area contributed by atoms with Crippen molar-refractivity contribution in [2.75, 3.05) is 0 Å². The number of halogens is 1. The maximum Gasteiger partial charge on any atom is 0.270 e. The van der Waals surface area contributed by atoms with E-state index in [1.807, 2.05) is 17.5 Å². The lowest BCUT2D eigenvalue weighted by molar-refractivity contribution is -0.385. The SMILES string of the molecule is Cc1cc([N+](=O)[O-])cc(C(=O)NCc2cccs2)c1F. The van der Waals surface area contributed by atoms with Gasteiger partial charge in [0.1, 0.15) is 5.82 Å². The molecule has 1 aromatic carbocycles. The Morgan fingerprint density at radius 3 is 2.85 bits per heavy atom. The Morgan fingerprint density at radius 1 is 1.50 bits per heavy atom. The van der Waals surface area contributed by atoms with Gasteiger partial charge in [0.25, 0.3) is 11.6 Å². The number of nitrogens with one attached hydrogen (secondary N) is 1. The second kappa shape index (κ2) is 5.79. The number of carbonyl (C=O) groups is 1. The Hall–Kier alpha value is -2.28. The molecule has 7 heteroatoms. The van der Waals surface area contributed by atoms with Crippen LogP contribution in [0.25, 0.3) is 0 Å². The molecule has 2 rings (SSSR count). The number of hydrogen-bond acceptors (Lipinski definition) is 4. The van der Waals surface area contributed by atoms with Crippen molar-refractivity contribution in [1.29, 1.82) is 0 Å². The average Bonchev–Trinajstić information content (AvgIpc) is 2.92. The highest BCUT2D eigenvalue weighted by Gasteiger charge is 2.19. The van der Waals surface area contributed by atoms with Crippen molar-refractivity contribution in [3.8, 4) is 0 Å². The number of hydrogen-bond donors (Lipinski definition) is 1. The van der Waals surface area contributed by atoms with Gasteiger partial charge in [-0.2, -0.15) is 0 Å². The third kappa shape index (κ3) is 3.00. The highest BCUT2D eigenvalue weighted by atomic mass is 32.1. The van der Waals surface area contributed by atoms with Gasteiger partial charge < -0.3 is 5.32 Å². The molecular weight excluding hydrogens is 283 g/mol. The molecule has 1 N–H and O–H groups in total. The average molecular weight is 294 g/mol. The van der Waals surface area contributed by atoms with Gasteiger partial charge in [-0.1, -0.05) is 6.07 Å². The molecule has 0 aliphatic rings. The molecule has 0 aliphatic carbocycles. The molecule has 0 aliphatic heterocycles. The maximum absolute atomic E-state index is 13.9. The van der Waals surface area contributed by atoms with Gasteiger partial charge in [0.05, 0.1) is 17.0 Å². The van der Waals surface area contributed by atoms with E-state index in [9.17, 15) is 19.3 Å². The van der Waals surface area contributed by atoms with Crippen molar-refractivity contribution in [1.82, 2.24) is 5.32 Å². The number of amides is 1. The van der Waals surface area contributed by atoms with E-state index in [1.54, 1.807) is 0 Å². The van der Waals surface area contributed by atoms with E-state index in [2.05, 4.69) is 5.32 Å². The first kappa shape index (κ1) is 14.1. The Kier molecular flexibility index (Phi) is 4.09. The van der Waals surface area contributed by atoms with Crippen LogP contribution in [0.3, 0.4) is 0 Å². The van der Waals surface area contributed by atoms with Crippen LogP contribution in [0.4, 0.5) is 10.1 Å². The number of aryl methyl sites for hydroxylation is 1. The van der Waals surface area contributed by atoms with Crippen molar-refractivity contribution in [3.05, 3.63) is 61.6 Å². The number of non-ortho nitro benzene ring substituents is 1. The maximum atomic E-state index is 13.9. The van der Waals surface area contributed by atoms with E-state index in [1.165, 1.54) is 18.3 Å². The molecule has 1 amide bonds. The molecule has 0 radical (unpaired) electrons. The molecule has 0 bridgehead atoms. The van der Waals surface area contributed by atoms with Crippen molar-refractivity contribution in [2.24, 2.45) is 0 Å². The monoisotopic (exact) mass is 294 g/mol. The zero-order valence-electron chi connectivity index (χ0n) is 10.6. The van der Waals surface area contributed by atoms with Crippen molar-refractivity contribution >= 4 is 22.9 Å². The number of carbonyl (C=O) groups excluding carboxylic acids is 1. The Bertz CT molecular complexity index is 656. The summed E-state index contributed by atoms with van der Waals surface area (Å²) in [4.78, 5) is 22.9. The normalized spacial score (nSPS) is 10.3. The summed E-state index contributed by atoms with van der Waals surface area (Å²) in [5.41, 5.74) is -0.543. The topological polar surface area (TPSA) is 72.2 Å². The first-order valence-electron chi connectivity index (χ1n) is 5.74. The lowest BCUT2D eigenvalue weighted by Gasteiger charge is -2.07. The summed E-state index contributed by atoms with van der Waals surface area (Å²) >= 11 is 1.46. The van der Waals surface area contributed by atoms with Gasteiger partial charge in [-0.25, -0.2) is 4.39 Å². The van der Waals surface area contributed by atoms with Crippen molar-refractivity contribution in [3.63, 3.8) is 0 Å². The number of nitrogens with zero attached hydrogens (tertiary/aromatic N) is 1. The number of thiophene rings is 1. The summed E-state index contributed by atoms with van der Waals surface area (Å²) in [7, 11) is 0. The Morgan fingerprint density at radius 2 is 2.25 bits per heavy atom. The van der Waals surface area contributed by atoms with E-state index in [4.69, 9.17) is 0 Å². The van der Waals surface area contributed by atoms with Gasteiger partial charge >= 0.3 is 0 Å². The summed E-state index contributed by atoms with van der Waals surface area (Å²) in [5.74, 6) is -1.40. The van der Waals surface area contributed by atoms with Gasteiger partial charge in [-0.05, 0) is 23.9 Å². The fourth-order valence-electron chi connectivity index (χ4n) is 1.70. The van der Waals surface area contributed by atoms with E-state index in [0.717, 1.165) is 17.0 Å². The van der Waals surface area contributed by atoms with Crippen molar-refractivity contribution in [2.45, 2.75) is 13.5 Å². The zero-order chi connectivity index (χ0) is 14.7. The summed E-state index contributed by atoms with van der Waals surface area (Å²) in [6.45, 7) is 1.65. The smallest absolute Gasteiger partial charge is 0.270 e. The van der Waals surface area contributed by atoms with Crippen LogP contribution in [-0.4, -0.2) is 10.8 Å². The number of benzene rings is 1. The minimum atomic E-state index is -0.737. The van der Waals surface area contributed by atoms with Crippen LogP contribution in [0.5, 0.6) is 0 Å². The van der Waals surface area contributed by atoms with Crippen LogP contribution in [0.15, 0.2) is 29.6 Å². The second-order valence-corrected chi connectivity index (χ2v) is 5.18. The van der Waals surface area contributed by atoms with E-state index in [-0.39, 0.29) is 23.4 Å². The molecule has 20 heavy (non-hydrogen) atoms. The number of nitro groups is 1. The molecule has 1 heterocycles. The van der Waals surface area contributed by atoms with E-state index in [0.29, 0.717) is 0 Å². The highest BCUT2D eigenvalue weighted by Crippen LogP contribution is 2.21. The molecule has 0 fully saturated rings. The van der Waals surface area contributed by atoms with Gasteiger partial charge in [0.2, 0.25) is 0 Å².